The maximum Gasteiger partial charge on any atom is 0.161 e. The van der Waals surface area contributed by atoms with Crippen molar-refractivity contribution in [1.82, 2.24) is 9.97 Å². The Hall–Kier alpha value is -7.55. The van der Waals surface area contributed by atoms with E-state index in [9.17, 15) is 0 Å². The lowest BCUT2D eigenvalue weighted by Crippen LogP contribution is -2.07. The Morgan fingerprint density at radius 2 is 1.32 bits per heavy atom. The molecule has 2 aromatic heterocycles. The van der Waals surface area contributed by atoms with Crippen LogP contribution in [0.4, 0.5) is 0 Å². The summed E-state index contributed by atoms with van der Waals surface area (Å²) in [6.07, 6.45) is 0. The standard InChI is InChI=1S/C52H39N5O2S/c1-34-18-10-15-27-43(34)59-44-28-16-13-25-41(44)47-49-48(42-26-14-17-29-46(42)60-49)56-51(55-47)37-30-31-39(45(32-37)58-3)38-23-11-12-24-40(38)52(54-33-35-19-6-4-7-20-35)57-50(53-2)36-21-8-5-9-22-36/h4-32H,2,33H2,1,3H3. The highest BCUT2D eigenvalue weighted by Gasteiger charge is 2.21. The van der Waals surface area contributed by atoms with Gasteiger partial charge in [0.1, 0.15) is 17.2 Å². The molecule has 8 heteroatoms. The number of amidine groups is 2. The number of thiophene rings is 1. The van der Waals surface area contributed by atoms with Crippen LogP contribution in [0.5, 0.6) is 17.2 Å². The summed E-state index contributed by atoms with van der Waals surface area (Å²) in [6.45, 7) is 6.34. The maximum absolute atomic E-state index is 6.59. The van der Waals surface area contributed by atoms with E-state index in [0.717, 1.165) is 76.3 Å². The van der Waals surface area contributed by atoms with Crippen LogP contribution in [0, 0.1) is 6.92 Å². The van der Waals surface area contributed by atoms with Gasteiger partial charge in [0.2, 0.25) is 0 Å². The molecular formula is C52H39N5O2S. The van der Waals surface area contributed by atoms with Crippen molar-refractivity contribution in [2.75, 3.05) is 7.11 Å². The van der Waals surface area contributed by atoms with Gasteiger partial charge in [0.25, 0.3) is 0 Å². The van der Waals surface area contributed by atoms with E-state index >= 15 is 0 Å². The molecule has 60 heavy (non-hydrogen) atoms. The van der Waals surface area contributed by atoms with Gasteiger partial charge in [0, 0.05) is 37.9 Å². The van der Waals surface area contributed by atoms with E-state index < -0.39 is 0 Å². The number of aliphatic imine (C=N–C) groups is 3. The van der Waals surface area contributed by atoms with Crippen LogP contribution < -0.4 is 9.47 Å². The van der Waals surface area contributed by atoms with Gasteiger partial charge in [0.15, 0.2) is 17.5 Å². The van der Waals surface area contributed by atoms with Gasteiger partial charge >= 0.3 is 0 Å². The number of para-hydroxylation sites is 2. The zero-order valence-electron chi connectivity index (χ0n) is 33.1. The average Bonchev–Trinajstić information content (AvgIpc) is 3.69. The van der Waals surface area contributed by atoms with Crippen molar-refractivity contribution >= 4 is 50.0 Å². The molecular weight excluding hydrogens is 759 g/mol. The molecule has 0 N–H and O–H groups in total. The fraction of sp³-hybridized carbons (Fsp3) is 0.0577. The number of hydrogen-bond acceptors (Lipinski definition) is 6. The molecule has 0 atom stereocenters. The second-order valence-electron chi connectivity index (χ2n) is 14.1. The molecule has 0 unspecified atom stereocenters. The minimum atomic E-state index is 0.432. The quantitative estimate of drug-likeness (QED) is 0.102. The maximum atomic E-state index is 6.59. The van der Waals surface area contributed by atoms with Gasteiger partial charge in [-0.1, -0.05) is 140 Å². The Morgan fingerprint density at radius 1 is 0.633 bits per heavy atom. The third-order valence-corrected chi connectivity index (χ3v) is 11.4. The first-order valence-electron chi connectivity index (χ1n) is 19.6. The van der Waals surface area contributed by atoms with Crippen molar-refractivity contribution in [3.63, 3.8) is 0 Å². The van der Waals surface area contributed by atoms with E-state index in [4.69, 9.17) is 29.4 Å². The summed E-state index contributed by atoms with van der Waals surface area (Å²) in [7, 11) is 1.68. The Labute approximate surface area is 352 Å². The van der Waals surface area contributed by atoms with Crippen molar-refractivity contribution in [3.8, 4) is 51.0 Å². The van der Waals surface area contributed by atoms with Crippen molar-refractivity contribution in [2.24, 2.45) is 15.0 Å². The molecule has 0 aliphatic heterocycles. The summed E-state index contributed by atoms with van der Waals surface area (Å²) >= 11 is 1.69. The number of benzene rings is 7. The van der Waals surface area contributed by atoms with Crippen LogP contribution in [0.2, 0.25) is 0 Å². The predicted octanol–water partition coefficient (Wildman–Crippen LogP) is 13.0. The lowest BCUT2D eigenvalue weighted by Gasteiger charge is -2.16. The summed E-state index contributed by atoms with van der Waals surface area (Å²) in [5.41, 5.74) is 8.93. The highest BCUT2D eigenvalue weighted by Crippen LogP contribution is 2.44. The van der Waals surface area contributed by atoms with Crippen molar-refractivity contribution in [1.29, 1.82) is 0 Å². The van der Waals surface area contributed by atoms with Crippen LogP contribution in [-0.2, 0) is 6.54 Å². The van der Waals surface area contributed by atoms with Crippen molar-refractivity contribution in [3.05, 3.63) is 198 Å². The topological polar surface area (TPSA) is 81.3 Å². The van der Waals surface area contributed by atoms with Gasteiger partial charge in [-0.15, -0.1) is 11.3 Å². The number of rotatable bonds is 10. The number of aromatic nitrogens is 2. The number of fused-ring (bicyclic) bond motifs is 3. The van der Waals surface area contributed by atoms with Crippen molar-refractivity contribution in [2.45, 2.75) is 13.5 Å². The molecule has 0 aliphatic carbocycles. The third kappa shape index (κ3) is 7.72. The van der Waals surface area contributed by atoms with Gasteiger partial charge in [-0.2, -0.15) is 0 Å². The molecule has 0 aliphatic rings. The second-order valence-corrected chi connectivity index (χ2v) is 15.1. The van der Waals surface area contributed by atoms with Gasteiger partial charge in [-0.25, -0.2) is 20.0 Å². The summed E-state index contributed by atoms with van der Waals surface area (Å²) in [5, 5.41) is 1.07. The van der Waals surface area contributed by atoms with E-state index in [0.29, 0.717) is 35.5 Å². The normalized spacial score (nSPS) is 11.8. The fourth-order valence-electron chi connectivity index (χ4n) is 7.22. The number of ether oxygens (including phenoxy) is 2. The first-order valence-corrected chi connectivity index (χ1v) is 20.4. The van der Waals surface area contributed by atoms with Crippen LogP contribution in [0.25, 0.3) is 54.1 Å². The predicted molar refractivity (Wildman–Crippen MR) is 248 cm³/mol. The van der Waals surface area contributed by atoms with Crippen LogP contribution in [0.1, 0.15) is 22.3 Å². The largest absolute Gasteiger partial charge is 0.496 e. The monoisotopic (exact) mass is 797 g/mol. The average molecular weight is 798 g/mol. The van der Waals surface area contributed by atoms with E-state index in [2.05, 4.69) is 72.4 Å². The molecule has 0 bridgehead atoms. The molecule has 0 radical (unpaired) electrons. The summed E-state index contributed by atoms with van der Waals surface area (Å²) in [6, 6.07) is 58.6. The fourth-order valence-corrected chi connectivity index (χ4v) is 8.36. The Morgan fingerprint density at radius 3 is 2.10 bits per heavy atom. The van der Waals surface area contributed by atoms with Gasteiger partial charge in [0.05, 0.1) is 29.6 Å². The summed E-state index contributed by atoms with van der Waals surface area (Å²) in [5.74, 6) is 3.75. The molecule has 2 heterocycles. The Balaban J connectivity index is 1.18. The molecule has 0 spiro atoms. The van der Waals surface area contributed by atoms with E-state index in [1.54, 1.807) is 18.4 Å². The van der Waals surface area contributed by atoms with Gasteiger partial charge in [-0.3, -0.25) is 4.99 Å². The minimum absolute atomic E-state index is 0.432. The lowest BCUT2D eigenvalue weighted by molar-refractivity contribution is 0.416. The van der Waals surface area contributed by atoms with Crippen molar-refractivity contribution < 1.29 is 9.47 Å². The van der Waals surface area contributed by atoms with Crippen LogP contribution >= 0.6 is 11.3 Å². The third-order valence-electron chi connectivity index (χ3n) is 10.2. The zero-order chi connectivity index (χ0) is 40.8. The molecule has 0 amide bonds. The SMILES string of the molecule is C=NC(=NC(=NCc1ccccc1)c1ccccc1-c1ccc(-c2nc(-c3ccccc3Oc3ccccc3C)c3sc4ccccc4c3n2)cc1OC)c1ccccc1. The Bertz CT molecular complexity index is 3070. The molecule has 0 fully saturated rings. The molecule has 9 aromatic rings. The second kappa shape index (κ2) is 17.1. The zero-order valence-corrected chi connectivity index (χ0v) is 33.9. The van der Waals surface area contributed by atoms with Gasteiger partial charge < -0.3 is 9.47 Å². The summed E-state index contributed by atoms with van der Waals surface area (Å²) in [4.78, 5) is 25.0. The molecule has 7 nitrogen and oxygen atoms in total. The van der Waals surface area contributed by atoms with E-state index in [1.165, 1.54) is 0 Å². The van der Waals surface area contributed by atoms with Gasteiger partial charge in [-0.05, 0) is 66.7 Å². The lowest BCUT2D eigenvalue weighted by atomic mass is 9.96. The first kappa shape index (κ1) is 38.0. The number of methoxy groups -OCH3 is 1. The number of nitrogens with zero attached hydrogens (tertiary/aromatic N) is 5. The molecule has 7 aromatic carbocycles. The first-order chi connectivity index (χ1) is 29.6. The molecule has 9 rings (SSSR count). The molecule has 0 saturated heterocycles. The van der Waals surface area contributed by atoms with Crippen LogP contribution in [0.3, 0.4) is 0 Å². The molecule has 0 saturated carbocycles. The minimum Gasteiger partial charge on any atom is -0.496 e. The van der Waals surface area contributed by atoms with E-state index in [-0.39, 0.29) is 0 Å². The van der Waals surface area contributed by atoms with Crippen LogP contribution in [0.15, 0.2) is 191 Å². The highest BCUT2D eigenvalue weighted by atomic mass is 32.1. The number of hydrogen-bond donors (Lipinski definition) is 0. The number of aryl methyl sites for hydroxylation is 1. The summed E-state index contributed by atoms with van der Waals surface area (Å²) < 4.78 is 14.9. The van der Waals surface area contributed by atoms with Crippen LogP contribution in [-0.4, -0.2) is 35.5 Å². The molecule has 290 valence electrons. The van der Waals surface area contributed by atoms with E-state index in [1.807, 2.05) is 122 Å². The Kier molecular flexibility index (Phi) is 10.8. The highest BCUT2D eigenvalue weighted by molar-refractivity contribution is 7.26. The smallest absolute Gasteiger partial charge is 0.161 e.